The predicted molar refractivity (Wildman–Crippen MR) is 35.9 cm³/mol. The van der Waals surface area contributed by atoms with Crippen LogP contribution in [0.4, 0.5) is 0 Å². The minimum absolute atomic E-state index is 0.347. The third kappa shape index (κ3) is 3.78. The summed E-state index contributed by atoms with van der Waals surface area (Å²) in [7, 11) is -2.46. The van der Waals surface area contributed by atoms with Gasteiger partial charge in [0, 0.05) is 6.04 Å². The molecule has 0 radical (unpaired) electrons. The Hall–Kier alpha value is -0.170. The van der Waals surface area contributed by atoms with Crippen molar-refractivity contribution in [3.8, 4) is 0 Å². The molecule has 62 valence electrons. The zero-order valence-electron chi connectivity index (χ0n) is 5.65. The number of rotatable bonds is 4. The zero-order chi connectivity index (χ0) is 8.20. The Morgan fingerprint density at radius 3 is 2.50 bits per heavy atom. The molecule has 1 atom stereocenters. The molecule has 0 saturated heterocycles. The van der Waals surface area contributed by atoms with Gasteiger partial charge in [-0.25, -0.2) is 0 Å². The van der Waals surface area contributed by atoms with Gasteiger partial charge in [0.1, 0.15) is 0 Å². The first kappa shape index (κ1) is 9.83. The van der Waals surface area contributed by atoms with Crippen LogP contribution < -0.4 is 5.73 Å². The van der Waals surface area contributed by atoms with Crippen LogP contribution in [0.1, 0.15) is 0 Å². The third-order valence-electron chi connectivity index (χ3n) is 0.907. The van der Waals surface area contributed by atoms with E-state index in [0.717, 1.165) is 7.11 Å². The van der Waals surface area contributed by atoms with E-state index in [4.69, 9.17) is 10.8 Å². The monoisotopic (exact) mass is 169 g/mol. The highest BCUT2D eigenvalue weighted by atomic mass is 32.2. The third-order valence-corrected chi connectivity index (χ3v) is 2.25. The van der Waals surface area contributed by atoms with Gasteiger partial charge in [0.05, 0.1) is 19.5 Å². The summed E-state index contributed by atoms with van der Waals surface area (Å²) in [6.07, 6.45) is 0. The van der Waals surface area contributed by atoms with Gasteiger partial charge in [-0.1, -0.05) is 0 Å². The van der Waals surface area contributed by atoms with Gasteiger partial charge in [-0.2, -0.15) is 8.42 Å². The van der Waals surface area contributed by atoms with Crippen LogP contribution in [0.5, 0.6) is 0 Å². The van der Waals surface area contributed by atoms with E-state index >= 15 is 0 Å². The second kappa shape index (κ2) is 3.87. The molecule has 10 heavy (non-hydrogen) atoms. The van der Waals surface area contributed by atoms with Gasteiger partial charge in [-0.15, -0.1) is 0 Å². The molecule has 0 aromatic rings. The van der Waals surface area contributed by atoms with Crippen LogP contribution in [0.15, 0.2) is 0 Å². The lowest BCUT2D eigenvalue weighted by Crippen LogP contribution is -2.33. The molecule has 5 nitrogen and oxygen atoms in total. The molecule has 0 rings (SSSR count). The molecular weight excluding hydrogens is 158 g/mol. The second-order valence-corrected chi connectivity index (χ2v) is 3.62. The van der Waals surface area contributed by atoms with Crippen LogP contribution >= 0.6 is 0 Å². The van der Waals surface area contributed by atoms with Crippen molar-refractivity contribution < 1.29 is 17.7 Å². The molecule has 3 N–H and O–H groups in total. The van der Waals surface area contributed by atoms with Crippen molar-refractivity contribution in [1.29, 1.82) is 0 Å². The molecule has 0 bridgehead atoms. The first-order chi connectivity index (χ1) is 4.52. The minimum atomic E-state index is -3.52. The summed E-state index contributed by atoms with van der Waals surface area (Å²) in [5.74, 6) is -0.347. The zero-order valence-corrected chi connectivity index (χ0v) is 6.47. The van der Waals surface area contributed by atoms with E-state index in [0.29, 0.717) is 0 Å². The summed E-state index contributed by atoms with van der Waals surface area (Å²) < 4.78 is 25.2. The Labute approximate surface area is 59.9 Å². The minimum Gasteiger partial charge on any atom is -0.395 e. The summed E-state index contributed by atoms with van der Waals surface area (Å²) in [4.78, 5) is 0. The number of hydrogen-bond acceptors (Lipinski definition) is 5. The molecule has 0 amide bonds. The molecule has 0 fully saturated rings. The highest BCUT2D eigenvalue weighted by Gasteiger charge is 2.13. The van der Waals surface area contributed by atoms with Crippen molar-refractivity contribution in [1.82, 2.24) is 0 Å². The van der Waals surface area contributed by atoms with Gasteiger partial charge in [-0.3, -0.25) is 4.18 Å². The van der Waals surface area contributed by atoms with Gasteiger partial charge in [0.2, 0.25) is 0 Å². The highest BCUT2D eigenvalue weighted by molar-refractivity contribution is 7.86. The van der Waals surface area contributed by atoms with Gasteiger partial charge in [0.25, 0.3) is 10.1 Å². The number of aliphatic hydroxyl groups is 1. The summed E-state index contributed by atoms with van der Waals surface area (Å²) in [6.45, 7) is -0.359. The largest absolute Gasteiger partial charge is 0.395 e. The normalized spacial score (nSPS) is 15.1. The molecule has 0 aromatic heterocycles. The van der Waals surface area contributed by atoms with Crippen LogP contribution in [-0.2, 0) is 14.3 Å². The van der Waals surface area contributed by atoms with Crippen molar-refractivity contribution in [3.63, 3.8) is 0 Å². The molecule has 0 aliphatic rings. The molecule has 0 heterocycles. The average Bonchev–Trinajstić information content (AvgIpc) is 1.87. The average molecular weight is 169 g/mol. The molecule has 0 aliphatic carbocycles. The Balaban J connectivity index is 3.90. The summed E-state index contributed by atoms with van der Waals surface area (Å²) in [5.41, 5.74) is 5.13. The Kier molecular flexibility index (Phi) is 3.80. The highest BCUT2D eigenvalue weighted by Crippen LogP contribution is 1.91. The Bertz CT molecular complexity index is 176. The van der Waals surface area contributed by atoms with E-state index in [1.54, 1.807) is 0 Å². The molecule has 0 aromatic carbocycles. The van der Waals surface area contributed by atoms with Crippen molar-refractivity contribution in [2.24, 2.45) is 5.73 Å². The van der Waals surface area contributed by atoms with Crippen molar-refractivity contribution in [2.45, 2.75) is 6.04 Å². The fraction of sp³-hybridized carbons (Fsp3) is 1.00. The lowest BCUT2D eigenvalue weighted by Gasteiger charge is -2.05. The van der Waals surface area contributed by atoms with Crippen LogP contribution in [0, 0.1) is 0 Å². The van der Waals surface area contributed by atoms with Crippen LogP contribution in [0.25, 0.3) is 0 Å². The maximum Gasteiger partial charge on any atom is 0.268 e. The summed E-state index contributed by atoms with van der Waals surface area (Å²) >= 11 is 0. The maximum atomic E-state index is 10.6. The van der Waals surface area contributed by atoms with E-state index in [9.17, 15) is 8.42 Å². The molecule has 0 spiro atoms. The summed E-state index contributed by atoms with van der Waals surface area (Å²) in [6, 6.07) is -0.759. The fourth-order valence-electron chi connectivity index (χ4n) is 0.383. The standard InChI is InChI=1S/C4H11NO4S/c1-9-10(7,8)3-4(5)2-6/h4,6H,2-3,5H2,1H3. The van der Waals surface area contributed by atoms with E-state index < -0.39 is 16.2 Å². The van der Waals surface area contributed by atoms with Crippen molar-refractivity contribution in [3.05, 3.63) is 0 Å². The first-order valence-electron chi connectivity index (χ1n) is 2.66. The Morgan fingerprint density at radius 2 is 2.20 bits per heavy atom. The molecular formula is C4H11NO4S. The van der Waals surface area contributed by atoms with Gasteiger partial charge in [0.15, 0.2) is 0 Å². The van der Waals surface area contributed by atoms with E-state index in [1.165, 1.54) is 0 Å². The topological polar surface area (TPSA) is 89.6 Å². The van der Waals surface area contributed by atoms with Gasteiger partial charge >= 0.3 is 0 Å². The van der Waals surface area contributed by atoms with E-state index in [2.05, 4.69) is 4.18 Å². The molecule has 0 aliphatic heterocycles. The second-order valence-electron chi connectivity index (χ2n) is 1.83. The van der Waals surface area contributed by atoms with Crippen molar-refractivity contribution in [2.75, 3.05) is 19.5 Å². The first-order valence-corrected chi connectivity index (χ1v) is 4.24. The maximum absolute atomic E-state index is 10.6. The van der Waals surface area contributed by atoms with Crippen LogP contribution in [-0.4, -0.2) is 39.0 Å². The number of nitrogens with two attached hydrogens (primary N) is 1. The Morgan fingerprint density at radius 1 is 1.70 bits per heavy atom. The predicted octanol–water partition coefficient (Wildman–Crippen LogP) is -1.72. The summed E-state index contributed by atoms with van der Waals surface area (Å²) in [5, 5.41) is 8.35. The lowest BCUT2D eigenvalue weighted by atomic mass is 10.4. The van der Waals surface area contributed by atoms with Crippen LogP contribution in [0.3, 0.4) is 0 Å². The smallest absolute Gasteiger partial charge is 0.268 e. The lowest BCUT2D eigenvalue weighted by molar-refractivity contribution is 0.271. The SMILES string of the molecule is COS(=O)(=O)CC(N)CO. The fourth-order valence-corrected chi connectivity index (χ4v) is 1.15. The van der Waals surface area contributed by atoms with Gasteiger partial charge < -0.3 is 10.8 Å². The van der Waals surface area contributed by atoms with Gasteiger partial charge in [-0.05, 0) is 0 Å². The number of hydrogen-bond donors (Lipinski definition) is 2. The van der Waals surface area contributed by atoms with E-state index in [-0.39, 0.29) is 12.4 Å². The van der Waals surface area contributed by atoms with Crippen LogP contribution in [0.2, 0.25) is 0 Å². The number of aliphatic hydroxyl groups excluding tert-OH is 1. The molecule has 0 saturated carbocycles. The van der Waals surface area contributed by atoms with Crippen molar-refractivity contribution >= 4 is 10.1 Å². The molecule has 1 unspecified atom stereocenters. The van der Waals surface area contributed by atoms with E-state index in [1.807, 2.05) is 0 Å². The quantitative estimate of drug-likeness (QED) is 0.489. The molecule has 6 heteroatoms.